The zero-order valence-electron chi connectivity index (χ0n) is 19.1. The van der Waals surface area contributed by atoms with Crippen molar-refractivity contribution in [2.75, 3.05) is 36.5 Å². The van der Waals surface area contributed by atoms with Gasteiger partial charge >= 0.3 is 6.18 Å². The predicted octanol–water partition coefficient (Wildman–Crippen LogP) is 2.93. The average Bonchev–Trinajstić information content (AvgIpc) is 2.68. The van der Waals surface area contributed by atoms with Crippen LogP contribution in [0.1, 0.15) is 42.4 Å². The zero-order valence-corrected chi connectivity index (χ0v) is 19.9. The lowest BCUT2D eigenvalue weighted by Gasteiger charge is -2.24. The van der Waals surface area contributed by atoms with E-state index in [4.69, 9.17) is 0 Å². The van der Waals surface area contributed by atoms with Gasteiger partial charge in [-0.15, -0.1) is 0 Å². The monoisotopic (exact) mass is 486 g/mol. The molecule has 33 heavy (non-hydrogen) atoms. The van der Waals surface area contributed by atoms with E-state index in [0.717, 1.165) is 0 Å². The summed E-state index contributed by atoms with van der Waals surface area (Å²) in [5, 5.41) is 8.90. The van der Waals surface area contributed by atoms with Crippen molar-refractivity contribution in [2.24, 2.45) is 0 Å². The molecule has 0 unspecified atom stereocenters. The van der Waals surface area contributed by atoms with Gasteiger partial charge < -0.3 is 16.0 Å². The number of pyridine rings is 1. The maximum Gasteiger partial charge on any atom is 0.405 e. The van der Waals surface area contributed by atoms with Gasteiger partial charge in [-0.2, -0.15) is 13.2 Å². The lowest BCUT2D eigenvalue weighted by atomic mass is 9.84. The van der Waals surface area contributed by atoms with Crippen molar-refractivity contribution in [2.45, 2.75) is 45.3 Å². The molecule has 1 aliphatic rings. The molecule has 2 aromatic rings. The second kappa shape index (κ2) is 9.09. The van der Waals surface area contributed by atoms with Crippen molar-refractivity contribution in [1.82, 2.24) is 15.6 Å². The van der Waals surface area contributed by atoms with E-state index in [1.165, 1.54) is 0 Å². The lowest BCUT2D eigenvalue weighted by molar-refractivity contribution is -0.115. The molecule has 1 aromatic carbocycles. The zero-order chi connectivity index (χ0) is 24.6. The van der Waals surface area contributed by atoms with E-state index in [1.54, 1.807) is 25.1 Å². The van der Waals surface area contributed by atoms with Crippen molar-refractivity contribution < 1.29 is 26.4 Å². The molecule has 7 nitrogen and oxygen atoms in total. The molecule has 0 bridgehead atoms. The molecule has 0 spiro atoms. The van der Waals surface area contributed by atoms with Crippen LogP contribution in [0.3, 0.4) is 0 Å². The minimum absolute atomic E-state index is 0.0423. The second-order valence-corrected chi connectivity index (χ2v) is 11.7. The molecule has 3 N–H and O–H groups in total. The number of hydrogen-bond acceptors (Lipinski definition) is 6. The summed E-state index contributed by atoms with van der Waals surface area (Å²) in [5.41, 5.74) is 2.01. The number of carbonyl (C=O) groups excluding carboxylic acids is 1. The van der Waals surface area contributed by atoms with Crippen molar-refractivity contribution in [3.8, 4) is 0 Å². The topological polar surface area (TPSA) is 100 Å². The van der Waals surface area contributed by atoms with Crippen LogP contribution in [0.2, 0.25) is 0 Å². The molecule has 0 saturated carbocycles. The van der Waals surface area contributed by atoms with Gasteiger partial charge in [0.1, 0.15) is 12.2 Å². The van der Waals surface area contributed by atoms with Crippen LogP contribution in [0.25, 0.3) is 10.9 Å². The van der Waals surface area contributed by atoms with Crippen LogP contribution < -0.4 is 16.0 Å². The number of benzene rings is 1. The number of amides is 1. The van der Waals surface area contributed by atoms with Crippen LogP contribution in [0, 0.1) is 6.92 Å². The number of sulfone groups is 1. The smallest absolute Gasteiger partial charge is 0.376 e. The Hall–Kier alpha value is -2.40. The van der Waals surface area contributed by atoms with E-state index >= 15 is 0 Å². The van der Waals surface area contributed by atoms with Gasteiger partial charge in [0, 0.05) is 30.2 Å². The number of fused-ring (bicyclic) bond motifs is 1. The Morgan fingerprint density at radius 1 is 1.21 bits per heavy atom. The van der Waals surface area contributed by atoms with E-state index < -0.39 is 33.9 Å². The molecule has 1 saturated heterocycles. The molecule has 1 amide bonds. The summed E-state index contributed by atoms with van der Waals surface area (Å²) in [6.45, 7) is 6.88. The van der Waals surface area contributed by atoms with Crippen molar-refractivity contribution in [3.63, 3.8) is 0 Å². The molecule has 1 aliphatic heterocycles. The number of alkyl halides is 3. The van der Waals surface area contributed by atoms with E-state index in [0.29, 0.717) is 34.3 Å². The Bertz CT molecular complexity index is 1160. The maximum atomic E-state index is 12.8. The third kappa shape index (κ3) is 6.57. The Kier molecular flexibility index (Phi) is 6.95. The number of halogens is 3. The minimum atomic E-state index is -4.35. The van der Waals surface area contributed by atoms with Crippen LogP contribution >= 0.6 is 0 Å². The minimum Gasteiger partial charge on any atom is -0.376 e. The van der Waals surface area contributed by atoms with Gasteiger partial charge in [0.25, 0.3) is 5.91 Å². The highest BCUT2D eigenvalue weighted by Gasteiger charge is 2.28. The summed E-state index contributed by atoms with van der Waals surface area (Å²) >= 11 is 0. The fourth-order valence-corrected chi connectivity index (χ4v) is 5.23. The molecule has 3 rings (SSSR count). The first-order chi connectivity index (χ1) is 15.1. The summed E-state index contributed by atoms with van der Waals surface area (Å²) in [6.07, 6.45) is -4.35. The van der Waals surface area contributed by atoms with Crippen molar-refractivity contribution in [1.29, 1.82) is 0 Å². The molecule has 1 atom stereocenters. The van der Waals surface area contributed by atoms with E-state index in [-0.39, 0.29) is 29.8 Å². The van der Waals surface area contributed by atoms with Gasteiger partial charge in [0.05, 0.1) is 17.0 Å². The Morgan fingerprint density at radius 2 is 1.91 bits per heavy atom. The quantitative estimate of drug-likeness (QED) is 0.601. The predicted molar refractivity (Wildman–Crippen MR) is 123 cm³/mol. The number of aryl methyl sites for hydroxylation is 1. The van der Waals surface area contributed by atoms with Crippen LogP contribution in [0.15, 0.2) is 18.2 Å². The molecule has 1 fully saturated rings. The molecule has 2 heterocycles. The normalized spacial score (nSPS) is 18.8. The number of nitrogens with one attached hydrogen (secondary N) is 3. The first-order valence-electron chi connectivity index (χ1n) is 10.6. The first kappa shape index (κ1) is 25.2. The average molecular weight is 487 g/mol. The van der Waals surface area contributed by atoms with E-state index in [9.17, 15) is 26.4 Å². The Morgan fingerprint density at radius 3 is 2.52 bits per heavy atom. The van der Waals surface area contributed by atoms with Crippen LogP contribution in [0.4, 0.5) is 18.9 Å². The van der Waals surface area contributed by atoms with Crippen molar-refractivity contribution >= 4 is 32.3 Å². The fraction of sp³-hybridized carbons (Fsp3) is 0.545. The third-order valence-electron chi connectivity index (χ3n) is 5.46. The van der Waals surface area contributed by atoms with Crippen LogP contribution in [0.5, 0.6) is 0 Å². The number of anilines is 1. The summed E-state index contributed by atoms with van der Waals surface area (Å²) < 4.78 is 61.7. The first-order valence-corrected chi connectivity index (χ1v) is 12.5. The van der Waals surface area contributed by atoms with Crippen LogP contribution in [-0.4, -0.2) is 62.7 Å². The number of nitrogens with zero attached hydrogens (tertiary/aromatic N) is 1. The summed E-state index contributed by atoms with van der Waals surface area (Å²) in [5.74, 6) is -0.402. The molecule has 11 heteroatoms. The lowest BCUT2D eigenvalue weighted by Crippen LogP contribution is -2.50. The van der Waals surface area contributed by atoms with Gasteiger partial charge in [-0.1, -0.05) is 20.8 Å². The van der Waals surface area contributed by atoms with Crippen LogP contribution in [-0.2, 0) is 15.3 Å². The van der Waals surface area contributed by atoms with E-state index in [2.05, 4.69) is 20.9 Å². The number of aromatic nitrogens is 1. The van der Waals surface area contributed by atoms with Gasteiger partial charge in [-0.25, -0.2) is 13.4 Å². The highest BCUT2D eigenvalue weighted by Crippen LogP contribution is 2.34. The SMILES string of the molecule is Cc1cc(C(=O)NC[C@@H]2CS(=O)(=O)CCN2)nc2c(C(C)(C)C)cc(NCC(F)(F)F)cc12. The Labute approximate surface area is 191 Å². The van der Waals surface area contributed by atoms with Gasteiger partial charge in [-0.05, 0) is 41.7 Å². The third-order valence-corrected chi connectivity index (χ3v) is 7.20. The summed E-state index contributed by atoms with van der Waals surface area (Å²) in [4.78, 5) is 17.3. The maximum absolute atomic E-state index is 12.8. The van der Waals surface area contributed by atoms with Gasteiger partial charge in [-0.3, -0.25) is 4.79 Å². The largest absolute Gasteiger partial charge is 0.405 e. The van der Waals surface area contributed by atoms with Gasteiger partial charge in [0.2, 0.25) is 0 Å². The summed E-state index contributed by atoms with van der Waals surface area (Å²) in [7, 11) is -3.13. The second-order valence-electron chi connectivity index (χ2n) is 9.44. The standard InChI is InChI=1S/C22H29F3N4O3S/c1-13-7-18(20(30)27-10-15-11-33(31,32)6-5-26-15)29-19-16(13)8-14(28-12-22(23,24)25)9-17(19)21(2,3)4/h7-9,15,26,28H,5-6,10-12H2,1-4H3,(H,27,30)/t15-/m1/s1. The molecule has 1 aromatic heterocycles. The highest BCUT2D eigenvalue weighted by molar-refractivity contribution is 7.91. The van der Waals surface area contributed by atoms with Crippen molar-refractivity contribution in [3.05, 3.63) is 35.0 Å². The molecular weight excluding hydrogens is 457 g/mol. The number of rotatable bonds is 5. The molecule has 182 valence electrons. The van der Waals surface area contributed by atoms with Gasteiger partial charge in [0.15, 0.2) is 9.84 Å². The molecular formula is C22H29F3N4O3S. The molecule has 0 radical (unpaired) electrons. The summed E-state index contributed by atoms with van der Waals surface area (Å²) in [6, 6.07) is 4.46. The molecule has 0 aliphatic carbocycles. The van der Waals surface area contributed by atoms with E-state index in [1.807, 2.05) is 20.8 Å². The highest BCUT2D eigenvalue weighted by atomic mass is 32.2. The fourth-order valence-electron chi connectivity index (χ4n) is 3.79. The number of hydrogen-bond donors (Lipinski definition) is 3. The number of carbonyl (C=O) groups is 1. The Balaban J connectivity index is 1.90.